The summed E-state index contributed by atoms with van der Waals surface area (Å²) < 4.78 is 20.4. The number of nitrogens with one attached hydrogen (secondary N) is 3. The van der Waals surface area contributed by atoms with E-state index in [-0.39, 0.29) is 50.5 Å². The van der Waals surface area contributed by atoms with Crippen LogP contribution < -0.4 is 20.7 Å². The highest BCUT2D eigenvalue weighted by Gasteiger charge is 2.30. The van der Waals surface area contributed by atoms with Gasteiger partial charge in [-0.2, -0.15) is 0 Å². The third-order valence-electron chi connectivity index (χ3n) is 8.62. The number of hydrogen-bond acceptors (Lipinski definition) is 6. The molecule has 11 nitrogen and oxygen atoms in total. The monoisotopic (exact) mass is 707 g/mol. The molecule has 0 unspecified atom stereocenters. The number of fused-ring (bicyclic) bond motifs is 1. The summed E-state index contributed by atoms with van der Waals surface area (Å²) in [5.74, 6) is -3.04. The Morgan fingerprint density at radius 2 is 1.46 bits per heavy atom. The molecule has 4 aromatic carbocycles. The van der Waals surface area contributed by atoms with Crippen LogP contribution in [0.25, 0.3) is 0 Å². The Morgan fingerprint density at radius 3 is 2.19 bits per heavy atom. The zero-order chi connectivity index (χ0) is 36.9. The molecule has 0 spiro atoms. The van der Waals surface area contributed by atoms with Crippen molar-refractivity contribution < 1.29 is 33.1 Å². The summed E-state index contributed by atoms with van der Waals surface area (Å²) in [5, 5.41) is 8.38. The molecule has 1 aliphatic rings. The maximum absolute atomic E-state index is 14.3. The topological polar surface area (TPSA) is 137 Å². The van der Waals surface area contributed by atoms with Gasteiger partial charge in [0.2, 0.25) is 23.6 Å². The first-order valence-electron chi connectivity index (χ1n) is 17.1. The molecule has 52 heavy (non-hydrogen) atoms. The number of hydrogen-bond donors (Lipinski definition) is 3. The maximum atomic E-state index is 14.3. The van der Waals surface area contributed by atoms with E-state index in [9.17, 15) is 28.4 Å². The van der Waals surface area contributed by atoms with Gasteiger partial charge in [-0.15, -0.1) is 0 Å². The first-order chi connectivity index (χ1) is 25.2. The largest absolute Gasteiger partial charge is 0.491 e. The van der Waals surface area contributed by atoms with Crippen LogP contribution in [0.2, 0.25) is 0 Å². The van der Waals surface area contributed by atoms with Gasteiger partial charge in [-0.3, -0.25) is 24.0 Å². The predicted molar refractivity (Wildman–Crippen MR) is 192 cm³/mol. The summed E-state index contributed by atoms with van der Waals surface area (Å²) in [7, 11) is 1.48. The minimum Gasteiger partial charge on any atom is -0.491 e. The molecule has 3 N–H and O–H groups in total. The minimum atomic E-state index is -1.36. The Bertz CT molecular complexity index is 1860. The Balaban J connectivity index is 1.44. The van der Waals surface area contributed by atoms with E-state index in [4.69, 9.17) is 4.74 Å². The van der Waals surface area contributed by atoms with Gasteiger partial charge in [0.15, 0.2) is 0 Å². The van der Waals surface area contributed by atoms with Gasteiger partial charge in [-0.05, 0) is 47.7 Å². The van der Waals surface area contributed by atoms with Crippen molar-refractivity contribution in [3.05, 3.63) is 137 Å². The fourth-order valence-corrected chi connectivity index (χ4v) is 5.81. The number of carbonyl (C=O) groups excluding carboxylic acids is 5. The van der Waals surface area contributed by atoms with Gasteiger partial charge in [0.25, 0.3) is 5.91 Å². The van der Waals surface area contributed by atoms with Gasteiger partial charge in [-0.25, -0.2) is 4.39 Å². The quantitative estimate of drug-likeness (QED) is 0.257. The highest BCUT2D eigenvalue weighted by molar-refractivity contribution is 6.01. The number of amides is 5. The van der Waals surface area contributed by atoms with Crippen LogP contribution in [0, 0.1) is 5.82 Å². The Labute approximate surface area is 302 Å². The van der Waals surface area contributed by atoms with Crippen molar-refractivity contribution in [1.29, 1.82) is 0 Å². The molecular weight excluding hydrogens is 665 g/mol. The molecule has 12 heteroatoms. The standard InChI is InChI=1S/C40H42FN5O6/c1-45-25-36(47)43-31(22-28-12-4-2-5-13-28)27-52-35-19-11-9-17-32(35)39(50)44-34(40(51)42-21-20-30-16-8-10-18-33(30)41)23-37(48)46(26-38(45)49)24-29-14-6-3-7-15-29/h2-19,31,34H,20-27H2,1H3,(H,42,51)(H,43,47)(H,44,50)/t31-,34+/m1/s1. The average molecular weight is 708 g/mol. The number of likely N-dealkylation sites (N-methyl/N-ethyl adjacent to an activating group) is 1. The molecular formula is C40H42FN5O6. The molecule has 0 aliphatic carbocycles. The number of benzene rings is 4. The zero-order valence-corrected chi connectivity index (χ0v) is 28.9. The molecule has 0 bridgehead atoms. The van der Waals surface area contributed by atoms with Gasteiger partial charge in [-0.1, -0.05) is 91.0 Å². The number of para-hydroxylation sites is 1. The SMILES string of the molecule is CN1CC(=O)N[C@H](Cc2ccccc2)COc2ccccc2C(=O)N[C@H](C(=O)NCCc2ccccc2F)CC(=O)N(Cc2ccccc2)CC1=O. The molecule has 5 rings (SSSR count). The van der Waals surface area contributed by atoms with Crippen LogP contribution in [-0.2, 0) is 38.6 Å². The van der Waals surface area contributed by atoms with Crippen molar-refractivity contribution in [1.82, 2.24) is 25.8 Å². The zero-order valence-electron chi connectivity index (χ0n) is 28.9. The molecule has 2 atom stereocenters. The van der Waals surface area contributed by atoms with Crippen molar-refractivity contribution in [2.24, 2.45) is 0 Å². The van der Waals surface area contributed by atoms with Crippen molar-refractivity contribution in [2.75, 3.05) is 33.3 Å². The number of rotatable bonds is 8. The van der Waals surface area contributed by atoms with Crippen LogP contribution in [0.15, 0.2) is 109 Å². The predicted octanol–water partition coefficient (Wildman–Crippen LogP) is 3.28. The van der Waals surface area contributed by atoms with E-state index in [1.165, 1.54) is 29.0 Å². The fraction of sp³-hybridized carbons (Fsp3) is 0.275. The molecule has 270 valence electrons. The highest BCUT2D eigenvalue weighted by Crippen LogP contribution is 2.20. The minimum absolute atomic E-state index is 0.00805. The summed E-state index contributed by atoms with van der Waals surface area (Å²) in [6.45, 7) is -0.586. The summed E-state index contributed by atoms with van der Waals surface area (Å²) in [4.78, 5) is 70.8. The molecule has 0 saturated heterocycles. The van der Waals surface area contributed by atoms with Crippen LogP contribution in [0.5, 0.6) is 5.75 Å². The van der Waals surface area contributed by atoms with E-state index in [1.807, 2.05) is 36.4 Å². The molecule has 5 amide bonds. The molecule has 0 radical (unpaired) electrons. The lowest BCUT2D eigenvalue weighted by Gasteiger charge is -2.27. The van der Waals surface area contributed by atoms with Crippen LogP contribution in [-0.4, -0.2) is 84.7 Å². The lowest BCUT2D eigenvalue weighted by Crippen LogP contribution is -2.51. The summed E-state index contributed by atoms with van der Waals surface area (Å²) in [6, 6.07) is 29.3. The van der Waals surface area contributed by atoms with Crippen molar-refractivity contribution >= 4 is 29.5 Å². The third kappa shape index (κ3) is 10.7. The molecule has 0 aromatic heterocycles. The number of carbonyl (C=O) groups is 5. The second kappa shape index (κ2) is 18.3. The smallest absolute Gasteiger partial charge is 0.255 e. The second-order valence-electron chi connectivity index (χ2n) is 12.6. The van der Waals surface area contributed by atoms with E-state index in [0.717, 1.165) is 11.1 Å². The van der Waals surface area contributed by atoms with Crippen LogP contribution >= 0.6 is 0 Å². The van der Waals surface area contributed by atoms with Crippen LogP contribution in [0.1, 0.15) is 33.5 Å². The lowest BCUT2D eigenvalue weighted by molar-refractivity contribution is -0.142. The van der Waals surface area contributed by atoms with E-state index in [2.05, 4.69) is 16.0 Å². The molecule has 0 saturated carbocycles. The Morgan fingerprint density at radius 1 is 0.808 bits per heavy atom. The highest BCUT2D eigenvalue weighted by atomic mass is 19.1. The number of nitrogens with zero attached hydrogens (tertiary/aromatic N) is 2. The fourth-order valence-electron chi connectivity index (χ4n) is 5.81. The van der Waals surface area contributed by atoms with Gasteiger partial charge < -0.3 is 30.5 Å². The molecule has 4 aromatic rings. The summed E-state index contributed by atoms with van der Waals surface area (Å²) in [5.41, 5.74) is 2.19. The van der Waals surface area contributed by atoms with Crippen molar-refractivity contribution in [3.63, 3.8) is 0 Å². The van der Waals surface area contributed by atoms with Crippen LogP contribution in [0.4, 0.5) is 4.39 Å². The van der Waals surface area contributed by atoms with Crippen LogP contribution in [0.3, 0.4) is 0 Å². The summed E-state index contributed by atoms with van der Waals surface area (Å²) in [6.07, 6.45) is 0.110. The Hall–Kier alpha value is -6.04. The lowest BCUT2D eigenvalue weighted by atomic mass is 10.1. The van der Waals surface area contributed by atoms with Gasteiger partial charge in [0.05, 0.1) is 24.6 Å². The third-order valence-corrected chi connectivity index (χ3v) is 8.62. The molecule has 1 aliphatic heterocycles. The van der Waals surface area contributed by atoms with Gasteiger partial charge >= 0.3 is 0 Å². The second-order valence-corrected chi connectivity index (χ2v) is 12.6. The Kier molecular flexibility index (Phi) is 13.1. The maximum Gasteiger partial charge on any atom is 0.255 e. The van der Waals surface area contributed by atoms with E-state index in [1.54, 1.807) is 60.7 Å². The molecule has 0 fully saturated rings. The van der Waals surface area contributed by atoms with E-state index < -0.39 is 53.9 Å². The summed E-state index contributed by atoms with van der Waals surface area (Å²) >= 11 is 0. The normalized spacial score (nSPS) is 17.7. The first-order valence-corrected chi connectivity index (χ1v) is 17.1. The number of halogens is 1. The van der Waals surface area contributed by atoms with Crippen molar-refractivity contribution in [3.8, 4) is 5.75 Å². The van der Waals surface area contributed by atoms with Crippen molar-refractivity contribution in [2.45, 2.75) is 37.9 Å². The van der Waals surface area contributed by atoms with E-state index >= 15 is 0 Å². The van der Waals surface area contributed by atoms with E-state index in [0.29, 0.717) is 12.0 Å². The first kappa shape index (κ1) is 37.2. The van der Waals surface area contributed by atoms with Gasteiger partial charge in [0, 0.05) is 20.1 Å². The number of ether oxygens (including phenoxy) is 1. The average Bonchev–Trinajstić information content (AvgIpc) is 3.14. The molecule has 1 heterocycles. The van der Waals surface area contributed by atoms with Gasteiger partial charge in [0.1, 0.15) is 30.8 Å².